The molecule has 0 bridgehead atoms. The van der Waals surface area contributed by atoms with Gasteiger partial charge in [0.2, 0.25) is 0 Å². The van der Waals surface area contributed by atoms with Gasteiger partial charge in [-0.05, 0) is 44.5 Å². The predicted octanol–water partition coefficient (Wildman–Crippen LogP) is 3.40. The molecule has 1 amide bonds. The number of benzene rings is 1. The molecule has 0 aliphatic rings. The van der Waals surface area contributed by atoms with Crippen molar-refractivity contribution in [2.45, 2.75) is 32.9 Å². The van der Waals surface area contributed by atoms with E-state index in [1.54, 1.807) is 33.9 Å². The first kappa shape index (κ1) is 23.9. The second-order valence-electron chi connectivity index (χ2n) is 6.02. The van der Waals surface area contributed by atoms with Gasteiger partial charge in [-0.2, -0.15) is 0 Å². The summed E-state index contributed by atoms with van der Waals surface area (Å²) in [6.07, 6.45) is -0.462. The van der Waals surface area contributed by atoms with E-state index >= 15 is 0 Å². The molecule has 142 valence electrons. The minimum Gasteiger partial charge on any atom is -0.444 e. The topological polar surface area (TPSA) is 74.8 Å². The molecule has 1 aromatic rings. The van der Waals surface area contributed by atoms with Crippen LogP contribution in [0, 0.1) is 5.82 Å². The first-order chi connectivity index (χ1) is 11.2. The van der Waals surface area contributed by atoms with Gasteiger partial charge in [-0.3, -0.25) is 4.99 Å². The van der Waals surface area contributed by atoms with Crippen LogP contribution in [0.2, 0.25) is 0 Å². The zero-order valence-corrected chi connectivity index (χ0v) is 18.7. The maximum absolute atomic E-state index is 13.2. The average Bonchev–Trinajstić information content (AvgIpc) is 2.48. The Morgan fingerprint density at radius 2 is 1.88 bits per heavy atom. The van der Waals surface area contributed by atoms with E-state index in [4.69, 9.17) is 4.74 Å². The smallest absolute Gasteiger partial charge is 0.407 e. The number of hydrogen-bond acceptors (Lipinski definition) is 3. The molecule has 0 fully saturated rings. The van der Waals surface area contributed by atoms with Gasteiger partial charge >= 0.3 is 6.09 Å². The highest BCUT2D eigenvalue weighted by molar-refractivity contribution is 14.0. The molecule has 0 spiro atoms. The normalized spacial score (nSPS) is 11.4. The number of aliphatic imine (C=N–C) groups is 1. The van der Waals surface area contributed by atoms with Crippen molar-refractivity contribution in [2.75, 3.05) is 20.1 Å². The number of hydrogen-bond donors (Lipinski definition) is 3. The third-order valence-corrected chi connectivity index (χ3v) is 3.54. The van der Waals surface area contributed by atoms with Crippen LogP contribution in [-0.4, -0.2) is 37.8 Å². The van der Waals surface area contributed by atoms with Gasteiger partial charge in [0.05, 0.1) is 0 Å². The van der Waals surface area contributed by atoms with Crippen LogP contribution in [0.15, 0.2) is 27.7 Å². The van der Waals surface area contributed by atoms with Crippen LogP contribution in [0.5, 0.6) is 0 Å². The predicted molar refractivity (Wildman–Crippen MR) is 112 cm³/mol. The first-order valence-electron chi connectivity index (χ1n) is 7.56. The minimum absolute atomic E-state index is 0. The standard InChI is InChI=1S/C16H24BrFN4O2.HI/c1-16(2,3)24-15(23)21-8-7-20-14(19-4)22-10-11-9-12(18)5-6-13(11)17;/h5-6,9H,7-8,10H2,1-4H3,(H,21,23)(H2,19,20,22);1H. The molecular weight excluding hydrogens is 506 g/mol. The van der Waals surface area contributed by atoms with Crippen LogP contribution >= 0.6 is 39.9 Å². The lowest BCUT2D eigenvalue weighted by Crippen LogP contribution is -2.42. The lowest BCUT2D eigenvalue weighted by Gasteiger charge is -2.20. The number of nitrogens with zero attached hydrogens (tertiary/aromatic N) is 1. The molecule has 1 rings (SSSR count). The summed E-state index contributed by atoms with van der Waals surface area (Å²) < 4.78 is 19.2. The van der Waals surface area contributed by atoms with Crippen molar-refractivity contribution >= 4 is 52.0 Å². The third kappa shape index (κ3) is 10.5. The molecule has 6 nitrogen and oxygen atoms in total. The van der Waals surface area contributed by atoms with E-state index in [0.717, 1.165) is 10.0 Å². The van der Waals surface area contributed by atoms with E-state index in [-0.39, 0.29) is 29.8 Å². The van der Waals surface area contributed by atoms with E-state index in [1.807, 2.05) is 0 Å². The first-order valence-corrected chi connectivity index (χ1v) is 8.36. The second kappa shape index (κ2) is 11.5. The minimum atomic E-state index is -0.520. The Labute approximate surface area is 173 Å². The summed E-state index contributed by atoms with van der Waals surface area (Å²) in [5.41, 5.74) is 0.262. The van der Waals surface area contributed by atoms with E-state index in [2.05, 4.69) is 36.9 Å². The number of amides is 1. The summed E-state index contributed by atoms with van der Waals surface area (Å²) >= 11 is 3.38. The maximum atomic E-state index is 13.2. The van der Waals surface area contributed by atoms with Gasteiger partial charge in [-0.15, -0.1) is 24.0 Å². The van der Waals surface area contributed by atoms with Gasteiger partial charge in [0.1, 0.15) is 11.4 Å². The molecule has 0 saturated carbocycles. The molecule has 9 heteroatoms. The lowest BCUT2D eigenvalue weighted by atomic mass is 10.2. The molecule has 0 radical (unpaired) electrons. The van der Waals surface area contributed by atoms with Crippen molar-refractivity contribution in [1.82, 2.24) is 16.0 Å². The van der Waals surface area contributed by atoms with Gasteiger partial charge in [-0.25, -0.2) is 9.18 Å². The summed E-state index contributed by atoms with van der Waals surface area (Å²) in [4.78, 5) is 15.6. The van der Waals surface area contributed by atoms with Crippen LogP contribution in [0.25, 0.3) is 0 Å². The van der Waals surface area contributed by atoms with E-state index in [1.165, 1.54) is 12.1 Å². The highest BCUT2D eigenvalue weighted by atomic mass is 127. The Balaban J connectivity index is 0.00000576. The molecular formula is C16H25BrFIN4O2. The Morgan fingerprint density at radius 1 is 1.24 bits per heavy atom. The number of nitrogens with one attached hydrogen (secondary N) is 3. The molecule has 0 saturated heterocycles. The van der Waals surface area contributed by atoms with Crippen molar-refractivity contribution in [3.8, 4) is 0 Å². The Kier molecular flexibility index (Phi) is 11.0. The molecule has 0 unspecified atom stereocenters. The summed E-state index contributed by atoms with van der Waals surface area (Å²) in [6.45, 7) is 6.70. The highest BCUT2D eigenvalue weighted by Crippen LogP contribution is 2.17. The second-order valence-corrected chi connectivity index (χ2v) is 6.87. The molecule has 0 aliphatic heterocycles. The van der Waals surface area contributed by atoms with Crippen LogP contribution in [0.4, 0.5) is 9.18 Å². The zero-order valence-electron chi connectivity index (χ0n) is 14.8. The fourth-order valence-corrected chi connectivity index (χ4v) is 2.12. The summed E-state index contributed by atoms with van der Waals surface area (Å²) in [6, 6.07) is 4.50. The quantitative estimate of drug-likeness (QED) is 0.236. The van der Waals surface area contributed by atoms with Gasteiger partial charge in [-0.1, -0.05) is 15.9 Å². The van der Waals surface area contributed by atoms with Crippen LogP contribution in [-0.2, 0) is 11.3 Å². The fourth-order valence-electron chi connectivity index (χ4n) is 1.74. The van der Waals surface area contributed by atoms with Crippen LogP contribution in [0.3, 0.4) is 0 Å². The number of alkyl carbamates (subject to hydrolysis) is 1. The highest BCUT2D eigenvalue weighted by Gasteiger charge is 2.15. The van der Waals surface area contributed by atoms with Crippen LogP contribution < -0.4 is 16.0 Å². The van der Waals surface area contributed by atoms with Gasteiger partial charge in [0.25, 0.3) is 0 Å². The third-order valence-electron chi connectivity index (χ3n) is 2.76. The van der Waals surface area contributed by atoms with Crippen molar-refractivity contribution in [3.05, 3.63) is 34.1 Å². The number of carbonyl (C=O) groups is 1. The Morgan fingerprint density at radius 3 is 2.48 bits per heavy atom. The van der Waals surface area contributed by atoms with E-state index in [0.29, 0.717) is 25.6 Å². The molecule has 25 heavy (non-hydrogen) atoms. The zero-order chi connectivity index (χ0) is 18.2. The molecule has 0 atom stereocenters. The van der Waals surface area contributed by atoms with Crippen molar-refractivity contribution in [2.24, 2.45) is 4.99 Å². The Hall–Kier alpha value is -1.10. The SMILES string of the molecule is CN=C(NCCNC(=O)OC(C)(C)C)NCc1cc(F)ccc1Br.I. The average molecular weight is 531 g/mol. The van der Waals surface area contributed by atoms with Crippen molar-refractivity contribution in [1.29, 1.82) is 0 Å². The molecule has 0 aliphatic carbocycles. The molecule has 1 aromatic carbocycles. The van der Waals surface area contributed by atoms with E-state index < -0.39 is 11.7 Å². The van der Waals surface area contributed by atoms with Crippen LogP contribution in [0.1, 0.15) is 26.3 Å². The summed E-state index contributed by atoms with van der Waals surface area (Å²) in [5.74, 6) is 0.261. The van der Waals surface area contributed by atoms with Gasteiger partial charge in [0, 0.05) is 31.2 Å². The Bertz CT molecular complexity index is 594. The van der Waals surface area contributed by atoms with Gasteiger partial charge in [0.15, 0.2) is 5.96 Å². The summed E-state index contributed by atoms with van der Waals surface area (Å²) in [7, 11) is 1.64. The number of carbonyl (C=O) groups excluding carboxylic acids is 1. The largest absolute Gasteiger partial charge is 0.444 e. The monoisotopic (exact) mass is 530 g/mol. The fraction of sp³-hybridized carbons (Fsp3) is 0.500. The molecule has 3 N–H and O–H groups in total. The number of halogens is 3. The van der Waals surface area contributed by atoms with E-state index in [9.17, 15) is 9.18 Å². The molecule has 0 heterocycles. The lowest BCUT2D eigenvalue weighted by molar-refractivity contribution is 0.0529. The number of guanidine groups is 1. The maximum Gasteiger partial charge on any atom is 0.407 e. The van der Waals surface area contributed by atoms with Crippen molar-refractivity contribution in [3.63, 3.8) is 0 Å². The number of ether oxygens (including phenoxy) is 1. The summed E-state index contributed by atoms with van der Waals surface area (Å²) in [5, 5.41) is 8.78. The van der Waals surface area contributed by atoms with Gasteiger partial charge < -0.3 is 20.7 Å². The van der Waals surface area contributed by atoms with Crippen molar-refractivity contribution < 1.29 is 13.9 Å². The molecule has 0 aromatic heterocycles. The number of rotatable bonds is 5.